The number of esters is 1. The van der Waals surface area contributed by atoms with Gasteiger partial charge in [0.05, 0.1) is 44.0 Å². The summed E-state index contributed by atoms with van der Waals surface area (Å²) < 4.78 is 36.3. The van der Waals surface area contributed by atoms with Crippen LogP contribution in [0.3, 0.4) is 0 Å². The molecule has 2 aromatic rings. The first-order valence-corrected chi connectivity index (χ1v) is 11.0. The van der Waals surface area contributed by atoms with Crippen LogP contribution in [-0.2, 0) is 14.3 Å². The Morgan fingerprint density at radius 1 is 1.22 bits per heavy atom. The molecule has 2 aromatic heterocycles. The van der Waals surface area contributed by atoms with Crippen molar-refractivity contribution in [3.63, 3.8) is 0 Å². The van der Waals surface area contributed by atoms with Crippen LogP contribution in [0.4, 0.5) is 18.3 Å². The fourth-order valence-electron chi connectivity index (χ4n) is 2.16. The van der Waals surface area contributed by atoms with Gasteiger partial charge in [0.25, 0.3) is 5.91 Å². The lowest BCUT2D eigenvalue weighted by Crippen LogP contribution is -3.05. The number of methoxy groups -OCH3 is 1. The van der Waals surface area contributed by atoms with Crippen molar-refractivity contribution in [2.45, 2.75) is 26.4 Å². The Morgan fingerprint density at radius 2 is 1.88 bits per heavy atom. The van der Waals surface area contributed by atoms with Crippen LogP contribution in [0.25, 0.3) is 10.6 Å². The summed E-state index contributed by atoms with van der Waals surface area (Å²) in [6, 6.07) is 0. The van der Waals surface area contributed by atoms with E-state index in [1.165, 1.54) is 34.5 Å². The second-order valence-electron chi connectivity index (χ2n) is 6.71. The number of amides is 2. The van der Waals surface area contributed by atoms with Crippen LogP contribution in [0.15, 0.2) is 5.38 Å². The van der Waals surface area contributed by atoms with Gasteiger partial charge in [-0.05, 0) is 6.92 Å². The van der Waals surface area contributed by atoms with Crippen LogP contribution in [0.2, 0.25) is 0 Å². The van der Waals surface area contributed by atoms with Crippen LogP contribution in [0.1, 0.15) is 28.8 Å². The van der Waals surface area contributed by atoms with Crippen molar-refractivity contribution < 1.29 is 37.2 Å². The van der Waals surface area contributed by atoms with Gasteiger partial charge in [0.15, 0.2) is 10.1 Å². The molecule has 0 unspecified atom stereocenters. The molecule has 3 N–H and O–H groups in total. The zero-order chi connectivity index (χ0) is 24.5. The van der Waals surface area contributed by atoms with Gasteiger partial charge in [-0.3, -0.25) is 9.59 Å². The van der Waals surface area contributed by atoms with E-state index in [0.29, 0.717) is 23.8 Å². The van der Waals surface area contributed by atoms with Crippen LogP contribution >= 0.6 is 22.7 Å². The predicted molar refractivity (Wildman–Crippen MR) is 115 cm³/mol. The number of quaternary nitrogens is 1. The van der Waals surface area contributed by atoms with Crippen LogP contribution in [0, 0.1) is 6.92 Å². The highest BCUT2D eigenvalue weighted by Gasteiger charge is 2.40. The van der Waals surface area contributed by atoms with Gasteiger partial charge in [0.1, 0.15) is 0 Å². The molecule has 0 saturated carbocycles. The number of thiazole rings is 2. The average Bonchev–Trinajstić information content (AvgIpc) is 3.30. The quantitative estimate of drug-likeness (QED) is 0.396. The van der Waals surface area contributed by atoms with Crippen molar-refractivity contribution in [1.82, 2.24) is 15.3 Å². The molecule has 32 heavy (non-hydrogen) atoms. The molecule has 2 amide bonds. The van der Waals surface area contributed by atoms with Gasteiger partial charge in [-0.15, -0.1) is 11.3 Å². The molecule has 178 valence electrons. The predicted octanol–water partition coefficient (Wildman–Crippen LogP) is 1.52. The second-order valence-corrected chi connectivity index (χ2v) is 8.57. The maximum atomic E-state index is 12.1. The third kappa shape index (κ3) is 9.28. The van der Waals surface area contributed by atoms with E-state index in [4.69, 9.17) is 0 Å². The van der Waals surface area contributed by atoms with Crippen molar-refractivity contribution in [3.05, 3.63) is 16.1 Å². The Labute approximate surface area is 191 Å². The molecule has 0 atom stereocenters. The summed E-state index contributed by atoms with van der Waals surface area (Å²) in [6.07, 6.45) is -3.92. The zero-order valence-corrected chi connectivity index (χ0v) is 19.8. The smallest absolute Gasteiger partial charge is 0.462 e. The third-order valence-corrected chi connectivity index (χ3v) is 5.50. The van der Waals surface area contributed by atoms with Crippen molar-refractivity contribution in [3.8, 4) is 10.6 Å². The van der Waals surface area contributed by atoms with Crippen molar-refractivity contribution in [1.29, 1.82) is 0 Å². The topological polar surface area (TPSA) is 115 Å². The molecule has 14 heteroatoms. The van der Waals surface area contributed by atoms with Crippen molar-refractivity contribution in [2.24, 2.45) is 0 Å². The maximum Gasteiger partial charge on any atom is 0.490 e. The van der Waals surface area contributed by atoms with Crippen LogP contribution < -0.4 is 15.5 Å². The lowest BCUT2D eigenvalue weighted by Gasteiger charge is -2.06. The highest BCUT2D eigenvalue weighted by Crippen LogP contribution is 2.33. The Kier molecular flexibility index (Phi) is 10.7. The number of alkyl halides is 3. The minimum absolute atomic E-state index is 0.149. The number of hydrogen-bond donors (Lipinski definition) is 3. The van der Waals surface area contributed by atoms with Crippen molar-refractivity contribution >= 4 is 45.6 Å². The van der Waals surface area contributed by atoms with E-state index < -0.39 is 12.1 Å². The first-order chi connectivity index (χ1) is 14.8. The molecule has 0 aliphatic rings. The molecule has 2 rings (SSSR count). The van der Waals surface area contributed by atoms with Gasteiger partial charge < -0.3 is 20.3 Å². The van der Waals surface area contributed by atoms with Gasteiger partial charge >= 0.3 is 12.1 Å². The minimum Gasteiger partial charge on any atom is -0.462 e. The van der Waals surface area contributed by atoms with Crippen molar-refractivity contribution in [2.75, 3.05) is 39.6 Å². The SMILES string of the molecule is CC(=O)Nc1nc(C)c(-c2csc(C(=O)NCCC[NH+](C)C)n2)s1.COC(=O)C(F)(F)F. The number of carbonyl (C=O) groups excluding carboxylic acids is 3. The molecule has 0 bridgehead atoms. The number of hydrogen-bond acceptors (Lipinski definition) is 8. The standard InChI is InChI=1S/C15H21N5O2S2.C3H3F3O2/c1-9-12(24-15(17-9)18-10(2)21)11-8-23-14(19-11)13(22)16-6-5-7-20(3)4;1-8-2(7)3(4,5)6/h8H,5-7H2,1-4H3,(H,16,22)(H,17,18,21);1H3/p+1. The number of anilines is 1. The molecule has 0 spiro atoms. The molecule has 0 aromatic carbocycles. The molecule has 2 heterocycles. The number of nitrogens with one attached hydrogen (secondary N) is 3. The Hall–Kier alpha value is -2.58. The summed E-state index contributed by atoms with van der Waals surface area (Å²) in [5.41, 5.74) is 1.50. The molecular formula is C18H25F3N5O4S2+. The molecule has 9 nitrogen and oxygen atoms in total. The van der Waals surface area contributed by atoms with E-state index in [-0.39, 0.29) is 11.8 Å². The summed E-state index contributed by atoms with van der Waals surface area (Å²) >= 11 is 2.67. The Morgan fingerprint density at radius 3 is 2.38 bits per heavy atom. The fraction of sp³-hybridized carbons (Fsp3) is 0.500. The highest BCUT2D eigenvalue weighted by atomic mass is 32.1. The zero-order valence-electron chi connectivity index (χ0n) is 18.2. The Bertz CT molecular complexity index is 928. The summed E-state index contributed by atoms with van der Waals surface area (Å²) in [7, 11) is 4.85. The monoisotopic (exact) mass is 496 g/mol. The van der Waals surface area contributed by atoms with Crippen LogP contribution in [-0.4, -0.2) is 68.2 Å². The number of aromatic nitrogens is 2. The van der Waals surface area contributed by atoms with E-state index in [2.05, 4.69) is 39.4 Å². The van der Waals surface area contributed by atoms with E-state index >= 15 is 0 Å². The molecule has 0 saturated heterocycles. The molecule has 0 aliphatic carbocycles. The molecule has 0 fully saturated rings. The normalized spacial score (nSPS) is 10.9. The number of rotatable bonds is 7. The number of ether oxygens (including phenoxy) is 1. The van der Waals surface area contributed by atoms with Gasteiger partial charge in [-0.2, -0.15) is 13.2 Å². The van der Waals surface area contributed by atoms with Gasteiger partial charge in [-0.25, -0.2) is 14.8 Å². The lowest BCUT2D eigenvalue weighted by atomic mass is 10.3. The van der Waals surface area contributed by atoms with Crippen LogP contribution in [0.5, 0.6) is 0 Å². The summed E-state index contributed by atoms with van der Waals surface area (Å²) in [5, 5.41) is 8.39. The summed E-state index contributed by atoms with van der Waals surface area (Å²) in [4.78, 5) is 43.7. The third-order valence-electron chi connectivity index (χ3n) is 3.57. The van der Waals surface area contributed by atoms with E-state index in [0.717, 1.165) is 29.2 Å². The molecule has 0 aliphatic heterocycles. The van der Waals surface area contributed by atoms with E-state index in [1.54, 1.807) is 0 Å². The minimum atomic E-state index is -4.85. The largest absolute Gasteiger partial charge is 0.490 e. The van der Waals surface area contributed by atoms with E-state index in [1.807, 2.05) is 12.3 Å². The van der Waals surface area contributed by atoms with E-state index in [9.17, 15) is 27.6 Å². The molecule has 0 radical (unpaired) electrons. The first kappa shape index (κ1) is 27.5. The van der Waals surface area contributed by atoms with Gasteiger partial charge in [0, 0.05) is 25.3 Å². The number of carbonyl (C=O) groups is 3. The summed E-state index contributed by atoms with van der Waals surface area (Å²) in [5.74, 6) is -2.48. The summed E-state index contributed by atoms with van der Waals surface area (Å²) in [6.45, 7) is 4.96. The maximum absolute atomic E-state index is 12.1. The van der Waals surface area contributed by atoms with Gasteiger partial charge in [-0.1, -0.05) is 11.3 Å². The second kappa shape index (κ2) is 12.5. The lowest BCUT2D eigenvalue weighted by molar-refractivity contribution is -0.858. The number of aryl methyl sites for hydroxylation is 1. The number of halogens is 3. The Balaban J connectivity index is 0.000000547. The van der Waals surface area contributed by atoms with Gasteiger partial charge in [0.2, 0.25) is 5.91 Å². The molecular weight excluding hydrogens is 471 g/mol. The first-order valence-electron chi connectivity index (χ1n) is 9.28. The average molecular weight is 497 g/mol. The highest BCUT2D eigenvalue weighted by molar-refractivity contribution is 7.19. The number of nitrogens with zero attached hydrogens (tertiary/aromatic N) is 2. The fourth-order valence-corrected chi connectivity index (χ4v) is 3.93.